The van der Waals surface area contributed by atoms with Gasteiger partial charge in [0.1, 0.15) is 23.3 Å². The van der Waals surface area contributed by atoms with Gasteiger partial charge in [0.25, 0.3) is 0 Å². The second kappa shape index (κ2) is 8.49. The van der Waals surface area contributed by atoms with Crippen LogP contribution in [-0.2, 0) is 4.74 Å². The zero-order valence-corrected chi connectivity index (χ0v) is 20.7. The highest BCUT2D eigenvalue weighted by atomic mass is 16.5. The molecule has 0 bridgehead atoms. The Morgan fingerprint density at radius 3 is 2.48 bits per heavy atom. The molecule has 4 rings (SSSR count). The van der Waals surface area contributed by atoms with Gasteiger partial charge in [-0.2, -0.15) is 0 Å². The third-order valence-corrected chi connectivity index (χ3v) is 6.47. The number of nitrogens with zero attached hydrogens (tertiary/aromatic N) is 1. The highest BCUT2D eigenvalue weighted by Crippen LogP contribution is 2.51. The Morgan fingerprint density at radius 1 is 1.24 bits per heavy atom. The fourth-order valence-electron chi connectivity index (χ4n) is 5.10. The standard InChI is InChI=1S/C29H35NO3/c1-16(2)23-19-11-9-10-12-20(19)24-21(13-14-31)27(18(4)32-8)30-26-17(3)22(15-29(5,6)7)33-28(23)25(24)26/h9-12,15-16,21,27,31H,3-4,13-14H2,1-2,5-8H3/b22-15+. The summed E-state index contributed by atoms with van der Waals surface area (Å²) in [4.78, 5) is 5.15. The number of benzene rings is 2. The average molecular weight is 446 g/mol. The molecule has 2 unspecified atom stereocenters. The van der Waals surface area contributed by atoms with E-state index in [1.54, 1.807) is 7.11 Å². The van der Waals surface area contributed by atoms with Crippen LogP contribution in [0, 0.1) is 5.41 Å². The van der Waals surface area contributed by atoms with Crippen LogP contribution in [0.4, 0.5) is 0 Å². The van der Waals surface area contributed by atoms with Crippen molar-refractivity contribution < 1.29 is 14.6 Å². The number of hydrogen-bond donors (Lipinski definition) is 1. The lowest BCUT2D eigenvalue weighted by Crippen LogP contribution is -2.33. The summed E-state index contributed by atoms with van der Waals surface area (Å²) in [5.74, 6) is 2.38. The van der Waals surface area contributed by atoms with Gasteiger partial charge in [0.15, 0.2) is 0 Å². The second-order valence-corrected chi connectivity index (χ2v) is 10.4. The minimum Gasteiger partial charge on any atom is -0.499 e. The van der Waals surface area contributed by atoms with Crippen LogP contribution < -0.4 is 4.74 Å². The zero-order chi connectivity index (χ0) is 24.1. The first kappa shape index (κ1) is 23.3. The van der Waals surface area contributed by atoms with Gasteiger partial charge in [-0.1, -0.05) is 72.0 Å². The van der Waals surface area contributed by atoms with E-state index >= 15 is 0 Å². The van der Waals surface area contributed by atoms with Crippen molar-refractivity contribution in [3.05, 3.63) is 77.3 Å². The number of methoxy groups -OCH3 is 1. The molecule has 0 saturated heterocycles. The van der Waals surface area contributed by atoms with Crippen LogP contribution in [0.15, 0.2) is 65.6 Å². The Balaban J connectivity index is 2.16. The molecule has 0 saturated carbocycles. The molecule has 4 heteroatoms. The van der Waals surface area contributed by atoms with E-state index in [1.165, 1.54) is 16.3 Å². The van der Waals surface area contributed by atoms with E-state index in [1.807, 2.05) is 0 Å². The summed E-state index contributed by atoms with van der Waals surface area (Å²) in [6.45, 7) is 19.5. The Morgan fingerprint density at radius 2 is 1.91 bits per heavy atom. The minimum absolute atomic E-state index is 0.0506. The first-order chi connectivity index (χ1) is 15.6. The molecular weight excluding hydrogens is 410 g/mol. The summed E-state index contributed by atoms with van der Waals surface area (Å²) in [7, 11) is 1.63. The summed E-state index contributed by atoms with van der Waals surface area (Å²) in [6.07, 6.45) is 2.68. The molecule has 0 aromatic heterocycles. The third kappa shape index (κ3) is 3.91. The molecule has 33 heavy (non-hydrogen) atoms. The summed E-state index contributed by atoms with van der Waals surface area (Å²) in [5, 5.41) is 12.3. The van der Waals surface area contributed by atoms with Gasteiger partial charge in [0.05, 0.1) is 12.8 Å². The maximum atomic E-state index is 9.98. The van der Waals surface area contributed by atoms with Crippen molar-refractivity contribution in [3.63, 3.8) is 0 Å². The maximum Gasteiger partial charge on any atom is 0.141 e. The van der Waals surface area contributed by atoms with E-state index in [-0.39, 0.29) is 29.9 Å². The Kier molecular flexibility index (Phi) is 6.00. The number of aliphatic imine (C=N–C) groups is 1. The average Bonchev–Trinajstić information content (AvgIpc) is 2.75. The molecule has 2 aliphatic heterocycles. The van der Waals surface area contributed by atoms with Gasteiger partial charge < -0.3 is 14.6 Å². The number of hydrogen-bond acceptors (Lipinski definition) is 4. The van der Waals surface area contributed by atoms with Crippen molar-refractivity contribution in [1.29, 1.82) is 0 Å². The van der Waals surface area contributed by atoms with Gasteiger partial charge in [0, 0.05) is 29.2 Å². The monoisotopic (exact) mass is 445 g/mol. The van der Waals surface area contributed by atoms with Crippen LogP contribution in [0.5, 0.6) is 5.75 Å². The summed E-state index contributed by atoms with van der Waals surface area (Å²) >= 11 is 0. The maximum absolute atomic E-state index is 9.98. The fraction of sp³-hybridized carbons (Fsp3) is 0.414. The Bertz CT molecular complexity index is 1190. The highest BCUT2D eigenvalue weighted by Gasteiger charge is 2.41. The number of aliphatic hydroxyl groups is 1. The van der Waals surface area contributed by atoms with E-state index in [9.17, 15) is 5.11 Å². The largest absolute Gasteiger partial charge is 0.499 e. The molecule has 2 aliphatic rings. The number of allylic oxidation sites excluding steroid dienone is 2. The molecule has 0 aliphatic carbocycles. The van der Waals surface area contributed by atoms with Crippen LogP contribution in [0.25, 0.3) is 10.8 Å². The second-order valence-electron chi connectivity index (χ2n) is 10.4. The lowest BCUT2D eigenvalue weighted by molar-refractivity contribution is 0.232. The molecule has 0 amide bonds. The fourth-order valence-corrected chi connectivity index (χ4v) is 5.10. The van der Waals surface area contributed by atoms with Crippen molar-refractivity contribution in [2.75, 3.05) is 13.7 Å². The van der Waals surface area contributed by atoms with E-state index in [4.69, 9.17) is 14.5 Å². The van der Waals surface area contributed by atoms with E-state index in [2.05, 4.69) is 78.1 Å². The third-order valence-electron chi connectivity index (χ3n) is 6.47. The minimum atomic E-state index is -0.309. The van der Waals surface area contributed by atoms with Crippen molar-refractivity contribution in [3.8, 4) is 5.75 Å². The molecule has 2 heterocycles. The molecule has 2 aromatic carbocycles. The molecule has 0 spiro atoms. The number of fused-ring (bicyclic) bond motifs is 2. The molecule has 2 atom stereocenters. The van der Waals surface area contributed by atoms with Crippen LogP contribution in [0.2, 0.25) is 0 Å². The number of ether oxygens (including phenoxy) is 2. The Labute approximate surface area is 197 Å². The molecule has 0 fully saturated rings. The molecule has 174 valence electrons. The predicted molar refractivity (Wildman–Crippen MR) is 136 cm³/mol. The van der Waals surface area contributed by atoms with E-state index in [0.29, 0.717) is 12.2 Å². The lowest BCUT2D eigenvalue weighted by atomic mass is 9.74. The van der Waals surface area contributed by atoms with Gasteiger partial charge in [-0.3, -0.25) is 4.99 Å². The molecule has 0 radical (unpaired) electrons. The van der Waals surface area contributed by atoms with Crippen LogP contribution in [-0.4, -0.2) is 30.6 Å². The zero-order valence-electron chi connectivity index (χ0n) is 20.7. The summed E-state index contributed by atoms with van der Waals surface area (Å²) < 4.78 is 12.3. The first-order valence-corrected chi connectivity index (χ1v) is 11.7. The molecule has 2 aromatic rings. The number of rotatable bonds is 5. The lowest BCUT2D eigenvalue weighted by Gasteiger charge is -2.39. The first-order valence-electron chi connectivity index (χ1n) is 11.7. The molecule has 4 nitrogen and oxygen atoms in total. The van der Waals surface area contributed by atoms with Crippen molar-refractivity contribution in [2.45, 2.75) is 58.9 Å². The normalized spacial score (nSPS) is 21.2. The van der Waals surface area contributed by atoms with E-state index in [0.717, 1.165) is 33.9 Å². The van der Waals surface area contributed by atoms with Crippen molar-refractivity contribution in [1.82, 2.24) is 0 Å². The highest BCUT2D eigenvalue weighted by molar-refractivity contribution is 6.21. The smallest absolute Gasteiger partial charge is 0.141 e. The summed E-state index contributed by atoms with van der Waals surface area (Å²) in [5.41, 5.74) is 4.86. The molecular formula is C29H35NO3. The quantitative estimate of drug-likeness (QED) is 0.525. The van der Waals surface area contributed by atoms with Crippen LogP contribution in [0.3, 0.4) is 0 Å². The van der Waals surface area contributed by atoms with Gasteiger partial charge in [-0.25, -0.2) is 0 Å². The van der Waals surface area contributed by atoms with Gasteiger partial charge in [-0.15, -0.1) is 0 Å². The van der Waals surface area contributed by atoms with Crippen LogP contribution in [0.1, 0.15) is 69.6 Å². The van der Waals surface area contributed by atoms with Gasteiger partial charge >= 0.3 is 0 Å². The molecule has 1 N–H and O–H groups in total. The van der Waals surface area contributed by atoms with Crippen LogP contribution >= 0.6 is 0 Å². The van der Waals surface area contributed by atoms with Crippen molar-refractivity contribution >= 4 is 16.5 Å². The predicted octanol–water partition coefficient (Wildman–Crippen LogP) is 6.64. The van der Waals surface area contributed by atoms with Crippen molar-refractivity contribution in [2.24, 2.45) is 10.4 Å². The SMILES string of the molecule is C=C1C2=NC(C(=C)OC)C(CCO)c3c2c(c(C(C)C)c2ccccc32)O/C1=C/C(C)(C)C. The topological polar surface area (TPSA) is 51.0 Å². The van der Waals surface area contributed by atoms with E-state index < -0.39 is 0 Å². The number of aliphatic hydroxyl groups excluding tert-OH is 1. The van der Waals surface area contributed by atoms with Gasteiger partial charge in [-0.05, 0) is 40.2 Å². The Hall–Kier alpha value is -2.85. The summed E-state index contributed by atoms with van der Waals surface area (Å²) in [6, 6.07) is 8.17. The van der Waals surface area contributed by atoms with Gasteiger partial charge in [0.2, 0.25) is 0 Å².